The third-order valence-corrected chi connectivity index (χ3v) is 3.87. The second-order valence-electron chi connectivity index (χ2n) is 5.92. The first-order chi connectivity index (χ1) is 13.0. The van der Waals surface area contributed by atoms with Crippen molar-refractivity contribution < 1.29 is 22.7 Å². The van der Waals surface area contributed by atoms with Gasteiger partial charge in [0, 0.05) is 17.3 Å². The zero-order chi connectivity index (χ0) is 19.4. The lowest BCUT2D eigenvalue weighted by Crippen LogP contribution is -2.08. The average Bonchev–Trinajstić information content (AvgIpc) is 3.12. The lowest BCUT2D eigenvalue weighted by Gasteiger charge is -2.15. The maximum absolute atomic E-state index is 12.6. The van der Waals surface area contributed by atoms with E-state index in [4.69, 9.17) is 9.15 Å². The van der Waals surface area contributed by atoms with E-state index in [-0.39, 0.29) is 17.5 Å². The van der Waals surface area contributed by atoms with E-state index in [9.17, 15) is 8.78 Å². The summed E-state index contributed by atoms with van der Waals surface area (Å²) in [7, 11) is 1.38. The molecule has 0 aliphatic heterocycles. The van der Waals surface area contributed by atoms with Crippen LogP contribution in [0.2, 0.25) is 0 Å². The molecule has 0 fully saturated rings. The summed E-state index contributed by atoms with van der Waals surface area (Å²) in [6.45, 7) is 0.875. The predicted octanol–water partition coefficient (Wildman–Crippen LogP) is 4.83. The summed E-state index contributed by atoms with van der Waals surface area (Å²) in [4.78, 5) is 0. The van der Waals surface area contributed by atoms with Crippen molar-refractivity contribution in [3.05, 3.63) is 53.9 Å². The third kappa shape index (κ3) is 4.52. The maximum Gasteiger partial charge on any atom is 0.387 e. The second kappa shape index (κ2) is 8.03. The van der Waals surface area contributed by atoms with Gasteiger partial charge in [0.15, 0.2) is 11.5 Å². The van der Waals surface area contributed by atoms with Gasteiger partial charge in [-0.1, -0.05) is 17.7 Å². The number of hydrogen-bond donors (Lipinski definition) is 1. The van der Waals surface area contributed by atoms with E-state index in [1.165, 1.54) is 19.2 Å². The summed E-state index contributed by atoms with van der Waals surface area (Å²) in [5, 5.41) is 11.2. The molecule has 6 nitrogen and oxygen atoms in total. The van der Waals surface area contributed by atoms with Crippen LogP contribution in [0.1, 0.15) is 24.4 Å². The average molecular weight is 375 g/mol. The van der Waals surface area contributed by atoms with Gasteiger partial charge in [-0.3, -0.25) is 0 Å². The molecule has 2 aromatic carbocycles. The van der Waals surface area contributed by atoms with Crippen molar-refractivity contribution in [1.82, 2.24) is 10.2 Å². The quantitative estimate of drug-likeness (QED) is 0.638. The van der Waals surface area contributed by atoms with Crippen molar-refractivity contribution >= 4 is 5.69 Å². The first kappa shape index (κ1) is 18.6. The van der Waals surface area contributed by atoms with E-state index in [2.05, 4.69) is 20.3 Å². The van der Waals surface area contributed by atoms with Crippen molar-refractivity contribution in [3.8, 4) is 23.0 Å². The van der Waals surface area contributed by atoms with E-state index in [0.29, 0.717) is 17.5 Å². The summed E-state index contributed by atoms with van der Waals surface area (Å²) in [6, 6.07) is 12.0. The van der Waals surface area contributed by atoms with Crippen LogP contribution in [0.3, 0.4) is 0 Å². The van der Waals surface area contributed by atoms with Crippen LogP contribution in [0.5, 0.6) is 11.5 Å². The van der Waals surface area contributed by atoms with E-state index >= 15 is 0 Å². The Labute approximate surface area is 155 Å². The van der Waals surface area contributed by atoms with Crippen LogP contribution in [-0.4, -0.2) is 23.9 Å². The molecule has 3 aromatic rings. The lowest BCUT2D eigenvalue weighted by atomic mass is 10.1. The van der Waals surface area contributed by atoms with Crippen molar-refractivity contribution in [3.63, 3.8) is 0 Å². The number of anilines is 1. The maximum atomic E-state index is 12.6. The number of aromatic nitrogens is 2. The normalized spacial score (nSPS) is 12.1. The minimum atomic E-state index is -2.94. The van der Waals surface area contributed by atoms with Crippen LogP contribution < -0.4 is 14.8 Å². The SMILES string of the molecule is COc1ccc(NC(C)c2nnc(-c3ccc(C)cc3)o2)cc1OC(F)F. The number of alkyl halides is 2. The number of nitrogens with one attached hydrogen (secondary N) is 1. The summed E-state index contributed by atoms with van der Waals surface area (Å²) in [5.41, 5.74) is 2.51. The van der Waals surface area contributed by atoms with Gasteiger partial charge in [-0.25, -0.2) is 0 Å². The Balaban J connectivity index is 1.75. The molecule has 0 aliphatic rings. The minimum Gasteiger partial charge on any atom is -0.493 e. The van der Waals surface area contributed by atoms with Gasteiger partial charge in [0.05, 0.1) is 7.11 Å². The van der Waals surface area contributed by atoms with Crippen LogP contribution in [0.25, 0.3) is 11.5 Å². The summed E-state index contributed by atoms with van der Waals surface area (Å²) < 4.78 is 40.3. The van der Waals surface area contributed by atoms with Crippen LogP contribution in [0, 0.1) is 6.92 Å². The fraction of sp³-hybridized carbons (Fsp3) is 0.263. The molecule has 27 heavy (non-hydrogen) atoms. The van der Waals surface area contributed by atoms with E-state index < -0.39 is 6.61 Å². The van der Waals surface area contributed by atoms with Gasteiger partial charge in [0.2, 0.25) is 11.8 Å². The molecule has 0 bridgehead atoms. The molecule has 3 rings (SSSR count). The molecule has 0 radical (unpaired) electrons. The van der Waals surface area contributed by atoms with Gasteiger partial charge in [-0.2, -0.15) is 8.78 Å². The highest BCUT2D eigenvalue weighted by Crippen LogP contribution is 2.33. The van der Waals surface area contributed by atoms with Crippen LogP contribution in [-0.2, 0) is 0 Å². The molecule has 1 heterocycles. The molecule has 1 unspecified atom stereocenters. The molecule has 0 saturated carbocycles. The Kier molecular flexibility index (Phi) is 5.54. The van der Waals surface area contributed by atoms with Gasteiger partial charge in [0.25, 0.3) is 0 Å². The molecule has 1 atom stereocenters. The number of ether oxygens (including phenoxy) is 2. The summed E-state index contributed by atoms with van der Waals surface area (Å²) in [5.74, 6) is 0.941. The van der Waals surface area contributed by atoms with Gasteiger partial charge < -0.3 is 19.2 Å². The minimum absolute atomic E-state index is 0.0597. The first-order valence-corrected chi connectivity index (χ1v) is 8.26. The Morgan fingerprint density at radius 2 is 1.78 bits per heavy atom. The lowest BCUT2D eigenvalue weighted by molar-refractivity contribution is -0.0511. The topological polar surface area (TPSA) is 69.4 Å². The van der Waals surface area contributed by atoms with Crippen molar-refractivity contribution in [2.75, 3.05) is 12.4 Å². The predicted molar refractivity (Wildman–Crippen MR) is 96.1 cm³/mol. The number of benzene rings is 2. The number of nitrogens with zero attached hydrogens (tertiary/aromatic N) is 2. The molecule has 0 aliphatic carbocycles. The number of aryl methyl sites for hydroxylation is 1. The number of methoxy groups -OCH3 is 1. The first-order valence-electron chi connectivity index (χ1n) is 8.26. The number of rotatable bonds is 7. The largest absolute Gasteiger partial charge is 0.493 e. The molecular weight excluding hydrogens is 356 g/mol. The van der Waals surface area contributed by atoms with E-state index in [1.807, 2.05) is 38.1 Å². The summed E-state index contributed by atoms with van der Waals surface area (Å²) in [6.07, 6.45) is 0. The number of hydrogen-bond acceptors (Lipinski definition) is 6. The molecule has 1 aromatic heterocycles. The highest BCUT2D eigenvalue weighted by atomic mass is 19.3. The van der Waals surface area contributed by atoms with Crippen LogP contribution in [0.4, 0.5) is 14.5 Å². The molecule has 0 saturated heterocycles. The Morgan fingerprint density at radius 1 is 1.04 bits per heavy atom. The fourth-order valence-corrected chi connectivity index (χ4v) is 2.49. The second-order valence-corrected chi connectivity index (χ2v) is 5.92. The van der Waals surface area contributed by atoms with Crippen LogP contribution in [0.15, 0.2) is 46.9 Å². The van der Waals surface area contributed by atoms with Crippen molar-refractivity contribution in [2.45, 2.75) is 26.5 Å². The molecule has 0 spiro atoms. The summed E-state index contributed by atoms with van der Waals surface area (Å²) >= 11 is 0. The van der Waals surface area contributed by atoms with Gasteiger partial charge in [0.1, 0.15) is 6.04 Å². The highest BCUT2D eigenvalue weighted by Gasteiger charge is 2.17. The molecule has 8 heteroatoms. The Morgan fingerprint density at radius 3 is 2.44 bits per heavy atom. The Bertz CT molecular complexity index is 897. The molecular formula is C19H19F2N3O3. The fourth-order valence-electron chi connectivity index (χ4n) is 2.49. The van der Waals surface area contributed by atoms with Crippen molar-refractivity contribution in [2.24, 2.45) is 0 Å². The monoisotopic (exact) mass is 375 g/mol. The van der Waals surface area contributed by atoms with E-state index in [0.717, 1.165) is 11.1 Å². The number of halogens is 2. The smallest absolute Gasteiger partial charge is 0.387 e. The van der Waals surface area contributed by atoms with Crippen LogP contribution >= 0.6 is 0 Å². The van der Waals surface area contributed by atoms with Crippen molar-refractivity contribution in [1.29, 1.82) is 0 Å². The third-order valence-electron chi connectivity index (χ3n) is 3.87. The van der Waals surface area contributed by atoms with Gasteiger partial charge >= 0.3 is 6.61 Å². The Hall–Kier alpha value is -3.16. The zero-order valence-electron chi connectivity index (χ0n) is 15.1. The van der Waals surface area contributed by atoms with E-state index in [1.54, 1.807) is 6.07 Å². The molecule has 142 valence electrons. The standard InChI is InChI=1S/C19H19F2N3O3/c1-11-4-6-13(7-5-11)18-24-23-17(27-18)12(2)22-14-8-9-15(25-3)16(10-14)26-19(20)21/h4-10,12,19,22H,1-3H3. The van der Waals surface area contributed by atoms with Gasteiger partial charge in [-0.05, 0) is 38.1 Å². The zero-order valence-corrected chi connectivity index (χ0v) is 15.1. The highest BCUT2D eigenvalue weighted by molar-refractivity contribution is 5.56. The van der Waals surface area contributed by atoms with Gasteiger partial charge in [-0.15, -0.1) is 10.2 Å². The molecule has 0 amide bonds. The molecule has 1 N–H and O–H groups in total.